The predicted octanol–water partition coefficient (Wildman–Crippen LogP) is 1.09. The number of hydrogen-bond donors (Lipinski definition) is 2. The Morgan fingerprint density at radius 2 is 1.91 bits per heavy atom. The summed E-state index contributed by atoms with van der Waals surface area (Å²) in [7, 11) is 0. The molecule has 0 aliphatic heterocycles. The second kappa shape index (κ2) is 4.38. The van der Waals surface area contributed by atoms with Crippen molar-refractivity contribution in [1.29, 1.82) is 0 Å². The summed E-state index contributed by atoms with van der Waals surface area (Å²) in [6.45, 7) is -0.209. The Kier molecular flexibility index (Phi) is 3.42. The van der Waals surface area contributed by atoms with Gasteiger partial charge in [-0.3, -0.25) is 0 Å². The lowest BCUT2D eigenvalue weighted by atomic mass is 10.4. The first-order valence-corrected chi connectivity index (χ1v) is 4.21. The van der Waals surface area contributed by atoms with Crippen LogP contribution in [-0.2, 0) is 0 Å². The maximum atomic E-state index is 9.02. The number of aliphatic hydroxyl groups is 2. The lowest BCUT2D eigenvalue weighted by Gasteiger charge is -2.05. The van der Waals surface area contributed by atoms with E-state index < -0.39 is 5.44 Å². The maximum absolute atomic E-state index is 9.02. The summed E-state index contributed by atoms with van der Waals surface area (Å²) in [6, 6.07) is 9.49. The molecule has 1 rings (SSSR count). The molecule has 3 heteroatoms. The van der Waals surface area contributed by atoms with Gasteiger partial charge in [0.15, 0.2) is 0 Å². The Hall–Kier alpha value is -0.510. The van der Waals surface area contributed by atoms with Gasteiger partial charge in [-0.2, -0.15) is 0 Å². The highest BCUT2D eigenvalue weighted by Crippen LogP contribution is 2.20. The SMILES string of the molecule is OC[C@@H](O)Sc1ccccc1. The molecule has 0 saturated heterocycles. The van der Waals surface area contributed by atoms with Gasteiger partial charge in [-0.25, -0.2) is 0 Å². The largest absolute Gasteiger partial charge is 0.393 e. The van der Waals surface area contributed by atoms with Crippen LogP contribution in [0.25, 0.3) is 0 Å². The highest BCUT2D eigenvalue weighted by molar-refractivity contribution is 7.99. The zero-order valence-electron chi connectivity index (χ0n) is 5.97. The van der Waals surface area contributed by atoms with E-state index in [0.717, 1.165) is 4.90 Å². The molecule has 0 aliphatic carbocycles. The third kappa shape index (κ3) is 2.93. The Balaban J connectivity index is 2.51. The van der Waals surface area contributed by atoms with E-state index in [4.69, 9.17) is 10.2 Å². The molecular formula is C8H10O2S. The summed E-state index contributed by atoms with van der Waals surface area (Å²) < 4.78 is 0. The van der Waals surface area contributed by atoms with Crippen molar-refractivity contribution in [2.45, 2.75) is 10.3 Å². The maximum Gasteiger partial charge on any atom is 0.127 e. The van der Waals surface area contributed by atoms with Crippen LogP contribution >= 0.6 is 11.8 Å². The number of benzene rings is 1. The average molecular weight is 170 g/mol. The molecule has 0 aliphatic rings. The van der Waals surface area contributed by atoms with Gasteiger partial charge >= 0.3 is 0 Å². The van der Waals surface area contributed by atoms with Gasteiger partial charge in [0.25, 0.3) is 0 Å². The van der Waals surface area contributed by atoms with Crippen molar-refractivity contribution in [2.24, 2.45) is 0 Å². The van der Waals surface area contributed by atoms with Gasteiger partial charge in [-0.1, -0.05) is 30.0 Å². The summed E-state index contributed by atoms with van der Waals surface area (Å²) in [4.78, 5) is 0.967. The van der Waals surface area contributed by atoms with Crippen molar-refractivity contribution < 1.29 is 10.2 Å². The predicted molar refractivity (Wildman–Crippen MR) is 45.4 cm³/mol. The van der Waals surface area contributed by atoms with E-state index >= 15 is 0 Å². The second-order valence-corrected chi connectivity index (χ2v) is 3.32. The molecule has 1 aromatic rings. The molecule has 0 unspecified atom stereocenters. The monoisotopic (exact) mass is 170 g/mol. The Morgan fingerprint density at radius 1 is 1.27 bits per heavy atom. The molecule has 60 valence electrons. The molecule has 0 heterocycles. The lowest BCUT2D eigenvalue weighted by molar-refractivity contribution is 0.160. The van der Waals surface area contributed by atoms with Crippen LogP contribution in [0.2, 0.25) is 0 Å². The number of aliphatic hydroxyl groups excluding tert-OH is 2. The van der Waals surface area contributed by atoms with E-state index in [9.17, 15) is 0 Å². The highest BCUT2D eigenvalue weighted by Gasteiger charge is 2.02. The van der Waals surface area contributed by atoms with Gasteiger partial charge in [0.1, 0.15) is 5.44 Å². The van der Waals surface area contributed by atoms with Crippen LogP contribution in [0.1, 0.15) is 0 Å². The third-order valence-electron chi connectivity index (χ3n) is 1.17. The number of thioether (sulfide) groups is 1. The van der Waals surface area contributed by atoms with E-state index in [1.807, 2.05) is 30.3 Å². The molecule has 1 aromatic carbocycles. The van der Waals surface area contributed by atoms with E-state index in [-0.39, 0.29) is 6.61 Å². The van der Waals surface area contributed by atoms with Gasteiger partial charge in [-0.15, -0.1) is 0 Å². The fourth-order valence-electron chi connectivity index (χ4n) is 0.693. The van der Waals surface area contributed by atoms with Crippen LogP contribution in [-0.4, -0.2) is 22.3 Å². The molecule has 1 atom stereocenters. The number of rotatable bonds is 3. The molecule has 2 nitrogen and oxygen atoms in total. The number of hydrogen-bond acceptors (Lipinski definition) is 3. The molecular weight excluding hydrogens is 160 g/mol. The van der Waals surface area contributed by atoms with E-state index in [1.54, 1.807) is 0 Å². The van der Waals surface area contributed by atoms with Gasteiger partial charge in [0, 0.05) is 4.90 Å². The topological polar surface area (TPSA) is 40.5 Å². The van der Waals surface area contributed by atoms with Crippen molar-refractivity contribution in [2.75, 3.05) is 6.61 Å². The lowest BCUT2D eigenvalue weighted by Crippen LogP contribution is -2.05. The zero-order valence-corrected chi connectivity index (χ0v) is 6.79. The van der Waals surface area contributed by atoms with Gasteiger partial charge in [0.2, 0.25) is 0 Å². The van der Waals surface area contributed by atoms with Crippen molar-refractivity contribution in [1.82, 2.24) is 0 Å². The fraction of sp³-hybridized carbons (Fsp3) is 0.250. The summed E-state index contributed by atoms with van der Waals surface area (Å²) >= 11 is 1.25. The minimum atomic E-state index is -0.711. The van der Waals surface area contributed by atoms with Crippen LogP contribution in [0.5, 0.6) is 0 Å². The summed E-state index contributed by atoms with van der Waals surface area (Å²) in [5.41, 5.74) is -0.711. The first-order chi connectivity index (χ1) is 5.33. The Labute approximate surface area is 69.9 Å². The van der Waals surface area contributed by atoms with Gasteiger partial charge in [-0.05, 0) is 12.1 Å². The zero-order chi connectivity index (χ0) is 8.10. The van der Waals surface area contributed by atoms with Crippen LogP contribution < -0.4 is 0 Å². The van der Waals surface area contributed by atoms with E-state index in [2.05, 4.69) is 0 Å². The standard InChI is InChI=1S/C8H10O2S/c9-6-8(10)11-7-4-2-1-3-5-7/h1-5,8-10H,6H2/t8-/m0/s1. The van der Waals surface area contributed by atoms with Crippen molar-refractivity contribution in [3.63, 3.8) is 0 Å². The quantitative estimate of drug-likeness (QED) is 0.527. The highest BCUT2D eigenvalue weighted by atomic mass is 32.2. The molecule has 0 bridgehead atoms. The summed E-state index contributed by atoms with van der Waals surface area (Å²) in [5.74, 6) is 0. The smallest absolute Gasteiger partial charge is 0.127 e. The molecule has 11 heavy (non-hydrogen) atoms. The van der Waals surface area contributed by atoms with Crippen molar-refractivity contribution in [3.05, 3.63) is 30.3 Å². The molecule has 0 aromatic heterocycles. The Morgan fingerprint density at radius 3 is 2.45 bits per heavy atom. The summed E-state index contributed by atoms with van der Waals surface area (Å²) in [6.07, 6.45) is 0. The fourth-order valence-corrected chi connectivity index (χ4v) is 1.40. The molecule has 0 radical (unpaired) electrons. The van der Waals surface area contributed by atoms with Crippen molar-refractivity contribution in [3.8, 4) is 0 Å². The summed E-state index contributed by atoms with van der Waals surface area (Å²) in [5, 5.41) is 17.5. The molecule has 0 spiro atoms. The minimum absolute atomic E-state index is 0.209. The van der Waals surface area contributed by atoms with E-state index in [1.165, 1.54) is 11.8 Å². The average Bonchev–Trinajstić information content (AvgIpc) is 2.06. The molecule has 0 saturated carbocycles. The normalized spacial score (nSPS) is 12.9. The third-order valence-corrected chi connectivity index (χ3v) is 2.14. The first-order valence-electron chi connectivity index (χ1n) is 3.33. The van der Waals surface area contributed by atoms with Crippen LogP contribution in [0, 0.1) is 0 Å². The van der Waals surface area contributed by atoms with Crippen LogP contribution in [0.4, 0.5) is 0 Å². The first kappa shape index (κ1) is 8.59. The Bertz CT molecular complexity index is 201. The minimum Gasteiger partial charge on any atom is -0.393 e. The van der Waals surface area contributed by atoms with E-state index in [0.29, 0.717) is 0 Å². The van der Waals surface area contributed by atoms with Crippen molar-refractivity contribution >= 4 is 11.8 Å². The second-order valence-electron chi connectivity index (χ2n) is 2.07. The molecule has 0 amide bonds. The van der Waals surface area contributed by atoms with Crippen LogP contribution in [0.15, 0.2) is 35.2 Å². The molecule has 0 fully saturated rings. The van der Waals surface area contributed by atoms with Gasteiger partial charge in [0.05, 0.1) is 6.61 Å². The van der Waals surface area contributed by atoms with Crippen LogP contribution in [0.3, 0.4) is 0 Å². The molecule has 2 N–H and O–H groups in total. The van der Waals surface area contributed by atoms with Gasteiger partial charge < -0.3 is 10.2 Å².